The van der Waals surface area contributed by atoms with Gasteiger partial charge in [0.15, 0.2) is 0 Å². The highest BCUT2D eigenvalue weighted by molar-refractivity contribution is 9.10. The molecule has 17 heavy (non-hydrogen) atoms. The first kappa shape index (κ1) is 14.2. The van der Waals surface area contributed by atoms with E-state index < -0.39 is 0 Å². The molecule has 0 aliphatic carbocycles. The van der Waals surface area contributed by atoms with Crippen molar-refractivity contribution >= 4 is 21.8 Å². The number of aryl methyl sites for hydroxylation is 2. The maximum Gasteiger partial charge on any atom is 0.236 e. The summed E-state index contributed by atoms with van der Waals surface area (Å²) in [4.78, 5) is 11.4. The number of carbonyl (C=O) groups is 1. The molecule has 1 unspecified atom stereocenters. The van der Waals surface area contributed by atoms with Crippen LogP contribution in [-0.2, 0) is 17.9 Å². The molecule has 6 heteroatoms. The Morgan fingerprint density at radius 1 is 1.59 bits per heavy atom. The van der Waals surface area contributed by atoms with Gasteiger partial charge in [-0.3, -0.25) is 9.48 Å². The zero-order valence-corrected chi connectivity index (χ0v) is 12.3. The molecule has 1 atom stereocenters. The van der Waals surface area contributed by atoms with E-state index in [9.17, 15) is 4.79 Å². The number of rotatable bonds is 5. The van der Waals surface area contributed by atoms with Crippen LogP contribution >= 0.6 is 15.9 Å². The maximum atomic E-state index is 11.4. The van der Waals surface area contributed by atoms with E-state index in [1.807, 2.05) is 25.5 Å². The summed E-state index contributed by atoms with van der Waals surface area (Å²) in [5.41, 5.74) is 2.04. The van der Waals surface area contributed by atoms with Crippen molar-refractivity contribution in [2.24, 2.45) is 0 Å². The average molecular weight is 303 g/mol. The third-order valence-electron chi connectivity index (χ3n) is 2.67. The summed E-state index contributed by atoms with van der Waals surface area (Å²) in [6.45, 7) is 7.28. The topological polar surface area (TPSA) is 59.0 Å². The van der Waals surface area contributed by atoms with Gasteiger partial charge in [-0.1, -0.05) is 0 Å². The van der Waals surface area contributed by atoms with Crippen molar-refractivity contribution in [3.05, 3.63) is 15.9 Å². The SMILES string of the molecule is CCn1nc(C)c(Br)c1CNC(C)C(=O)NC. The lowest BCUT2D eigenvalue weighted by molar-refractivity contribution is -0.122. The van der Waals surface area contributed by atoms with Crippen molar-refractivity contribution in [3.63, 3.8) is 0 Å². The van der Waals surface area contributed by atoms with Gasteiger partial charge in [-0.25, -0.2) is 0 Å². The molecule has 0 saturated carbocycles. The molecule has 0 saturated heterocycles. The molecule has 0 spiro atoms. The van der Waals surface area contributed by atoms with Crippen LogP contribution in [-0.4, -0.2) is 28.8 Å². The van der Waals surface area contributed by atoms with Gasteiger partial charge in [0, 0.05) is 20.1 Å². The monoisotopic (exact) mass is 302 g/mol. The van der Waals surface area contributed by atoms with Gasteiger partial charge in [-0.15, -0.1) is 0 Å². The summed E-state index contributed by atoms with van der Waals surface area (Å²) in [6, 6.07) is -0.215. The molecule has 1 aromatic heterocycles. The molecule has 1 amide bonds. The average Bonchev–Trinajstić information content (AvgIpc) is 2.61. The molecular formula is C11H19BrN4O. The number of nitrogens with zero attached hydrogens (tertiary/aromatic N) is 2. The number of carbonyl (C=O) groups excluding carboxylic acids is 1. The van der Waals surface area contributed by atoms with E-state index in [2.05, 4.69) is 31.7 Å². The molecule has 0 radical (unpaired) electrons. The van der Waals surface area contributed by atoms with Crippen LogP contribution in [0.4, 0.5) is 0 Å². The van der Waals surface area contributed by atoms with Crippen LogP contribution in [0.2, 0.25) is 0 Å². The lowest BCUT2D eigenvalue weighted by Crippen LogP contribution is -2.40. The highest BCUT2D eigenvalue weighted by Crippen LogP contribution is 2.20. The number of aromatic nitrogens is 2. The normalized spacial score (nSPS) is 12.5. The fraction of sp³-hybridized carbons (Fsp3) is 0.636. The van der Waals surface area contributed by atoms with Gasteiger partial charge in [0.05, 0.1) is 21.9 Å². The van der Waals surface area contributed by atoms with Crippen LogP contribution in [0.25, 0.3) is 0 Å². The van der Waals surface area contributed by atoms with Crippen LogP contribution in [0.1, 0.15) is 25.2 Å². The Morgan fingerprint density at radius 2 is 2.24 bits per heavy atom. The standard InChI is InChI=1S/C11H19BrN4O/c1-5-16-9(10(12)7(2)15-16)6-14-8(3)11(17)13-4/h8,14H,5-6H2,1-4H3,(H,13,17). The van der Waals surface area contributed by atoms with Crippen molar-refractivity contribution in [2.75, 3.05) is 7.05 Å². The van der Waals surface area contributed by atoms with Crippen molar-refractivity contribution in [1.82, 2.24) is 20.4 Å². The van der Waals surface area contributed by atoms with E-state index in [4.69, 9.17) is 0 Å². The Bertz CT molecular complexity index is 402. The van der Waals surface area contributed by atoms with Gasteiger partial charge in [0.1, 0.15) is 0 Å². The van der Waals surface area contributed by atoms with Crippen LogP contribution < -0.4 is 10.6 Å². The van der Waals surface area contributed by atoms with Crippen LogP contribution in [0.3, 0.4) is 0 Å². The number of hydrogen-bond acceptors (Lipinski definition) is 3. The van der Waals surface area contributed by atoms with Gasteiger partial charge in [-0.2, -0.15) is 5.10 Å². The molecule has 1 aromatic rings. The summed E-state index contributed by atoms with van der Waals surface area (Å²) in [5.74, 6) is -0.0135. The molecule has 0 aliphatic rings. The molecule has 0 bridgehead atoms. The van der Waals surface area contributed by atoms with Gasteiger partial charge < -0.3 is 10.6 Å². The van der Waals surface area contributed by atoms with Crippen molar-refractivity contribution in [1.29, 1.82) is 0 Å². The summed E-state index contributed by atoms with van der Waals surface area (Å²) < 4.78 is 2.94. The lowest BCUT2D eigenvalue weighted by atomic mass is 10.3. The third-order valence-corrected chi connectivity index (χ3v) is 3.70. The maximum absolute atomic E-state index is 11.4. The fourth-order valence-electron chi connectivity index (χ4n) is 1.60. The third kappa shape index (κ3) is 3.29. The second-order valence-electron chi connectivity index (χ2n) is 3.88. The minimum absolute atomic E-state index is 0.0135. The highest BCUT2D eigenvalue weighted by atomic mass is 79.9. The predicted octanol–water partition coefficient (Wildman–Crippen LogP) is 1.20. The van der Waals surface area contributed by atoms with E-state index >= 15 is 0 Å². The molecule has 0 aromatic carbocycles. The lowest BCUT2D eigenvalue weighted by Gasteiger charge is -2.13. The van der Waals surface area contributed by atoms with E-state index in [1.165, 1.54) is 0 Å². The molecule has 96 valence electrons. The van der Waals surface area contributed by atoms with Crippen LogP contribution in [0.15, 0.2) is 4.47 Å². The smallest absolute Gasteiger partial charge is 0.236 e. The largest absolute Gasteiger partial charge is 0.358 e. The molecule has 5 nitrogen and oxygen atoms in total. The second kappa shape index (κ2) is 6.16. The Morgan fingerprint density at radius 3 is 2.76 bits per heavy atom. The second-order valence-corrected chi connectivity index (χ2v) is 4.67. The minimum Gasteiger partial charge on any atom is -0.358 e. The first-order chi connectivity index (χ1) is 8.01. The fourth-order valence-corrected chi connectivity index (χ4v) is 2.02. The molecular weight excluding hydrogens is 284 g/mol. The Hall–Kier alpha value is -0.880. The predicted molar refractivity (Wildman–Crippen MR) is 70.7 cm³/mol. The number of amides is 1. The molecule has 0 fully saturated rings. The summed E-state index contributed by atoms with van der Waals surface area (Å²) >= 11 is 3.52. The molecule has 0 aliphatic heterocycles. The summed E-state index contributed by atoms with van der Waals surface area (Å²) in [7, 11) is 1.64. The Balaban J connectivity index is 2.72. The number of nitrogens with one attached hydrogen (secondary N) is 2. The van der Waals surface area contributed by atoms with Gasteiger partial charge in [0.25, 0.3) is 0 Å². The van der Waals surface area contributed by atoms with E-state index in [0.29, 0.717) is 6.54 Å². The van der Waals surface area contributed by atoms with E-state index in [-0.39, 0.29) is 11.9 Å². The minimum atomic E-state index is -0.215. The summed E-state index contributed by atoms with van der Waals surface area (Å²) in [6.07, 6.45) is 0. The van der Waals surface area contributed by atoms with Crippen molar-refractivity contribution < 1.29 is 4.79 Å². The van der Waals surface area contributed by atoms with E-state index in [1.54, 1.807) is 7.05 Å². The van der Waals surface area contributed by atoms with Crippen LogP contribution in [0.5, 0.6) is 0 Å². The van der Waals surface area contributed by atoms with Gasteiger partial charge in [0.2, 0.25) is 5.91 Å². The Labute approximate surface area is 110 Å². The van der Waals surface area contributed by atoms with Crippen molar-refractivity contribution in [3.8, 4) is 0 Å². The first-order valence-electron chi connectivity index (χ1n) is 5.68. The zero-order chi connectivity index (χ0) is 13.0. The Kier molecular flexibility index (Phi) is 5.14. The number of halogens is 1. The summed E-state index contributed by atoms with van der Waals surface area (Å²) in [5, 5.41) is 10.2. The number of hydrogen-bond donors (Lipinski definition) is 2. The van der Waals surface area contributed by atoms with Gasteiger partial charge in [-0.05, 0) is 36.7 Å². The van der Waals surface area contributed by atoms with E-state index in [0.717, 1.165) is 22.4 Å². The number of likely N-dealkylation sites (N-methyl/N-ethyl adjacent to an activating group) is 1. The highest BCUT2D eigenvalue weighted by Gasteiger charge is 2.15. The van der Waals surface area contributed by atoms with Crippen molar-refractivity contribution in [2.45, 2.75) is 39.9 Å². The molecule has 1 rings (SSSR count). The van der Waals surface area contributed by atoms with Gasteiger partial charge >= 0.3 is 0 Å². The van der Waals surface area contributed by atoms with Crippen LogP contribution in [0, 0.1) is 6.92 Å². The first-order valence-corrected chi connectivity index (χ1v) is 6.47. The zero-order valence-electron chi connectivity index (χ0n) is 10.7. The molecule has 1 heterocycles. The molecule has 2 N–H and O–H groups in total. The quantitative estimate of drug-likeness (QED) is 0.859.